The van der Waals surface area contributed by atoms with Gasteiger partial charge in [-0.1, -0.05) is 0 Å². The van der Waals surface area contributed by atoms with Gasteiger partial charge in [-0.2, -0.15) is 13.2 Å². The fraction of sp³-hybridized carbons (Fsp3) is 0.556. The van der Waals surface area contributed by atoms with Crippen LogP contribution in [0.3, 0.4) is 0 Å². The standard InChI is InChI=1S/C9H10F3N3O/c10-9(11,12)7-1-2-8(15-14-7)16-6-3-4-13-5-6/h1-2,6,13H,3-5H2/t6-/m1/s1. The molecule has 1 aromatic rings. The molecule has 88 valence electrons. The summed E-state index contributed by atoms with van der Waals surface area (Å²) >= 11 is 0. The van der Waals surface area contributed by atoms with Crippen molar-refractivity contribution in [1.29, 1.82) is 0 Å². The third-order valence-corrected chi connectivity index (χ3v) is 2.23. The van der Waals surface area contributed by atoms with E-state index in [0.717, 1.165) is 19.0 Å². The van der Waals surface area contributed by atoms with Gasteiger partial charge in [0, 0.05) is 12.6 Å². The van der Waals surface area contributed by atoms with Crippen LogP contribution in [0.25, 0.3) is 0 Å². The molecule has 0 radical (unpaired) electrons. The first-order valence-corrected chi connectivity index (χ1v) is 4.84. The van der Waals surface area contributed by atoms with E-state index in [1.54, 1.807) is 0 Å². The third kappa shape index (κ3) is 2.60. The molecule has 0 unspecified atom stereocenters. The minimum Gasteiger partial charge on any atom is -0.472 e. The summed E-state index contributed by atoms with van der Waals surface area (Å²) in [5.74, 6) is 0.127. The van der Waals surface area contributed by atoms with Gasteiger partial charge in [-0.05, 0) is 19.0 Å². The fourth-order valence-electron chi connectivity index (χ4n) is 1.43. The number of rotatable bonds is 2. The monoisotopic (exact) mass is 233 g/mol. The summed E-state index contributed by atoms with van der Waals surface area (Å²) < 4.78 is 41.9. The average molecular weight is 233 g/mol. The van der Waals surface area contributed by atoms with Crippen molar-refractivity contribution in [3.05, 3.63) is 17.8 Å². The Kier molecular flexibility index (Phi) is 2.95. The Hall–Kier alpha value is -1.37. The smallest absolute Gasteiger partial charge is 0.435 e. The van der Waals surface area contributed by atoms with E-state index in [-0.39, 0.29) is 12.0 Å². The second-order valence-corrected chi connectivity index (χ2v) is 3.49. The van der Waals surface area contributed by atoms with Gasteiger partial charge in [-0.25, -0.2) is 0 Å². The van der Waals surface area contributed by atoms with E-state index >= 15 is 0 Å². The number of hydrogen-bond donors (Lipinski definition) is 1. The van der Waals surface area contributed by atoms with Crippen LogP contribution < -0.4 is 10.1 Å². The van der Waals surface area contributed by atoms with Gasteiger partial charge in [0.25, 0.3) is 0 Å². The number of nitrogens with zero attached hydrogens (tertiary/aromatic N) is 2. The summed E-state index contributed by atoms with van der Waals surface area (Å²) in [6.07, 6.45) is -3.67. The summed E-state index contributed by atoms with van der Waals surface area (Å²) in [5.41, 5.74) is -1.01. The fourth-order valence-corrected chi connectivity index (χ4v) is 1.43. The van der Waals surface area contributed by atoms with Crippen molar-refractivity contribution in [3.63, 3.8) is 0 Å². The van der Waals surface area contributed by atoms with Crippen LogP contribution in [-0.2, 0) is 6.18 Å². The topological polar surface area (TPSA) is 47.0 Å². The van der Waals surface area contributed by atoms with E-state index < -0.39 is 11.9 Å². The Balaban J connectivity index is 2.01. The maximum absolute atomic E-state index is 12.2. The predicted octanol–water partition coefficient (Wildman–Crippen LogP) is 1.24. The zero-order valence-corrected chi connectivity index (χ0v) is 8.29. The van der Waals surface area contributed by atoms with Crippen LogP contribution in [0.2, 0.25) is 0 Å². The molecule has 1 saturated heterocycles. The molecule has 0 saturated carbocycles. The number of halogens is 3. The van der Waals surface area contributed by atoms with Gasteiger partial charge >= 0.3 is 6.18 Å². The molecule has 2 rings (SSSR count). The molecule has 0 bridgehead atoms. The summed E-state index contributed by atoms with van der Waals surface area (Å²) in [6, 6.07) is 2.05. The van der Waals surface area contributed by atoms with Crippen molar-refractivity contribution in [3.8, 4) is 5.88 Å². The first kappa shape index (κ1) is 11.1. The molecule has 1 fully saturated rings. The van der Waals surface area contributed by atoms with Crippen LogP contribution >= 0.6 is 0 Å². The van der Waals surface area contributed by atoms with Crippen LogP contribution in [0, 0.1) is 0 Å². The molecular formula is C9H10F3N3O. The van der Waals surface area contributed by atoms with Gasteiger partial charge < -0.3 is 10.1 Å². The quantitative estimate of drug-likeness (QED) is 0.834. The van der Waals surface area contributed by atoms with E-state index in [4.69, 9.17) is 4.74 Å². The number of ether oxygens (including phenoxy) is 1. The molecular weight excluding hydrogens is 223 g/mol. The van der Waals surface area contributed by atoms with Gasteiger partial charge in [0.2, 0.25) is 5.88 Å². The van der Waals surface area contributed by atoms with Crippen LogP contribution in [0.5, 0.6) is 5.88 Å². The van der Waals surface area contributed by atoms with Gasteiger partial charge in [-0.3, -0.25) is 0 Å². The van der Waals surface area contributed by atoms with E-state index in [1.807, 2.05) is 0 Å². The maximum atomic E-state index is 12.2. The van der Waals surface area contributed by atoms with Crippen LogP contribution in [-0.4, -0.2) is 29.4 Å². The Morgan fingerprint density at radius 3 is 2.62 bits per heavy atom. The van der Waals surface area contributed by atoms with E-state index in [9.17, 15) is 13.2 Å². The summed E-state index contributed by atoms with van der Waals surface area (Å²) in [7, 11) is 0. The Bertz CT molecular complexity index is 346. The van der Waals surface area contributed by atoms with Gasteiger partial charge in [0.05, 0.1) is 0 Å². The van der Waals surface area contributed by atoms with Gasteiger partial charge in [0.15, 0.2) is 5.69 Å². The molecule has 7 heteroatoms. The largest absolute Gasteiger partial charge is 0.472 e. The highest BCUT2D eigenvalue weighted by molar-refractivity contribution is 5.13. The first-order chi connectivity index (χ1) is 7.55. The lowest BCUT2D eigenvalue weighted by atomic mass is 10.3. The van der Waals surface area contributed by atoms with Crippen molar-refractivity contribution in [2.75, 3.05) is 13.1 Å². The van der Waals surface area contributed by atoms with E-state index in [2.05, 4.69) is 15.5 Å². The lowest BCUT2D eigenvalue weighted by molar-refractivity contribution is -0.141. The second-order valence-electron chi connectivity index (χ2n) is 3.49. The molecule has 1 aliphatic heterocycles. The lowest BCUT2D eigenvalue weighted by Crippen LogP contribution is -2.20. The molecule has 1 atom stereocenters. The van der Waals surface area contributed by atoms with Crippen molar-refractivity contribution >= 4 is 0 Å². The normalized spacial score (nSPS) is 21.1. The zero-order valence-electron chi connectivity index (χ0n) is 8.29. The molecule has 0 amide bonds. The zero-order chi connectivity index (χ0) is 11.6. The highest BCUT2D eigenvalue weighted by atomic mass is 19.4. The molecule has 4 nitrogen and oxygen atoms in total. The third-order valence-electron chi connectivity index (χ3n) is 2.23. The number of nitrogens with one attached hydrogen (secondary N) is 1. The highest BCUT2D eigenvalue weighted by Gasteiger charge is 2.33. The molecule has 0 aromatic carbocycles. The first-order valence-electron chi connectivity index (χ1n) is 4.84. The van der Waals surface area contributed by atoms with E-state index in [1.165, 1.54) is 6.07 Å². The SMILES string of the molecule is FC(F)(F)c1ccc(O[C@@H]2CCNC2)nn1. The number of aromatic nitrogens is 2. The number of hydrogen-bond acceptors (Lipinski definition) is 4. The molecule has 0 spiro atoms. The summed E-state index contributed by atoms with van der Waals surface area (Å²) in [4.78, 5) is 0. The van der Waals surface area contributed by atoms with Crippen molar-refractivity contribution in [2.24, 2.45) is 0 Å². The van der Waals surface area contributed by atoms with E-state index in [0.29, 0.717) is 6.54 Å². The average Bonchev–Trinajstić information content (AvgIpc) is 2.70. The van der Waals surface area contributed by atoms with Crippen LogP contribution in [0.4, 0.5) is 13.2 Å². The van der Waals surface area contributed by atoms with Crippen molar-refractivity contribution in [1.82, 2.24) is 15.5 Å². The summed E-state index contributed by atoms with van der Waals surface area (Å²) in [6.45, 7) is 1.53. The Morgan fingerprint density at radius 1 is 1.31 bits per heavy atom. The van der Waals surface area contributed by atoms with Gasteiger partial charge in [0.1, 0.15) is 6.10 Å². The maximum Gasteiger partial charge on any atom is 0.435 e. The molecule has 1 aromatic heterocycles. The second kappa shape index (κ2) is 4.25. The predicted molar refractivity (Wildman–Crippen MR) is 48.9 cm³/mol. The lowest BCUT2D eigenvalue weighted by Gasteiger charge is -2.11. The Labute approximate surface area is 89.8 Å². The highest BCUT2D eigenvalue weighted by Crippen LogP contribution is 2.27. The summed E-state index contributed by atoms with van der Waals surface area (Å²) in [5, 5.41) is 9.54. The molecule has 1 N–H and O–H groups in total. The number of alkyl halides is 3. The van der Waals surface area contributed by atoms with Crippen molar-refractivity contribution < 1.29 is 17.9 Å². The minimum absolute atomic E-state index is 0.0361. The molecule has 2 heterocycles. The Morgan fingerprint density at radius 2 is 2.12 bits per heavy atom. The molecule has 0 aliphatic carbocycles. The van der Waals surface area contributed by atoms with Crippen LogP contribution in [0.15, 0.2) is 12.1 Å². The molecule has 16 heavy (non-hydrogen) atoms. The van der Waals surface area contributed by atoms with Gasteiger partial charge in [-0.15, -0.1) is 10.2 Å². The van der Waals surface area contributed by atoms with Crippen molar-refractivity contribution in [2.45, 2.75) is 18.7 Å². The van der Waals surface area contributed by atoms with Crippen LogP contribution in [0.1, 0.15) is 12.1 Å². The minimum atomic E-state index is -4.46. The molecule has 1 aliphatic rings.